The van der Waals surface area contributed by atoms with E-state index in [2.05, 4.69) is 34.6 Å². The first kappa shape index (κ1) is 16.3. The van der Waals surface area contributed by atoms with E-state index in [1.54, 1.807) is 11.3 Å². The molecule has 0 aliphatic heterocycles. The van der Waals surface area contributed by atoms with E-state index < -0.39 is 0 Å². The first-order valence-corrected chi connectivity index (χ1v) is 8.80. The second kappa shape index (κ2) is 7.35. The van der Waals surface area contributed by atoms with Gasteiger partial charge in [0.05, 0.1) is 0 Å². The number of benzene rings is 1. The van der Waals surface area contributed by atoms with Crippen LogP contribution in [0.15, 0.2) is 41.1 Å². The highest BCUT2D eigenvalue weighted by Crippen LogP contribution is 2.20. The molecular weight excluding hydrogens is 322 g/mol. The van der Waals surface area contributed by atoms with E-state index in [9.17, 15) is 4.79 Å². The Kier molecular flexibility index (Phi) is 5.00. The molecule has 0 spiro atoms. The van der Waals surface area contributed by atoms with Gasteiger partial charge in [-0.1, -0.05) is 26.0 Å². The van der Waals surface area contributed by atoms with Crippen LogP contribution in [0.25, 0.3) is 11.4 Å². The Labute approximate surface area is 144 Å². The molecule has 3 rings (SSSR count). The molecule has 0 bridgehead atoms. The molecule has 2 heterocycles. The van der Waals surface area contributed by atoms with Gasteiger partial charge in [-0.15, -0.1) is 10.2 Å². The third-order valence-corrected chi connectivity index (χ3v) is 4.58. The van der Waals surface area contributed by atoms with Crippen LogP contribution in [0.4, 0.5) is 5.69 Å². The fourth-order valence-corrected chi connectivity index (χ4v) is 2.91. The molecule has 0 saturated carbocycles. The van der Waals surface area contributed by atoms with Gasteiger partial charge in [0.2, 0.25) is 11.7 Å². The molecule has 7 heteroatoms. The Hall–Kier alpha value is -2.54. The summed E-state index contributed by atoms with van der Waals surface area (Å²) in [4.78, 5) is 13.4. The van der Waals surface area contributed by atoms with Crippen LogP contribution in [0.3, 0.4) is 0 Å². The zero-order valence-corrected chi connectivity index (χ0v) is 14.5. The summed E-state index contributed by atoms with van der Waals surface area (Å²) in [5.74, 6) is 0.868. The average Bonchev–Trinajstić information content (AvgIpc) is 3.26. The number of anilines is 1. The molecule has 3 aromatic rings. The van der Waals surface area contributed by atoms with Crippen molar-refractivity contribution in [1.82, 2.24) is 20.2 Å². The van der Waals surface area contributed by atoms with Crippen molar-refractivity contribution in [3.63, 3.8) is 0 Å². The van der Waals surface area contributed by atoms with Crippen molar-refractivity contribution in [3.05, 3.63) is 46.7 Å². The summed E-state index contributed by atoms with van der Waals surface area (Å²) >= 11 is 1.57. The van der Waals surface area contributed by atoms with Crippen molar-refractivity contribution in [2.75, 3.05) is 5.32 Å². The highest BCUT2D eigenvalue weighted by atomic mass is 32.1. The summed E-state index contributed by atoms with van der Waals surface area (Å²) in [5.41, 5.74) is 2.95. The predicted octanol–water partition coefficient (Wildman–Crippen LogP) is 3.55. The minimum absolute atomic E-state index is 0.0320. The van der Waals surface area contributed by atoms with Crippen molar-refractivity contribution < 1.29 is 4.79 Å². The molecule has 24 heavy (non-hydrogen) atoms. The second-order valence-electron chi connectivity index (χ2n) is 5.63. The number of nitrogens with one attached hydrogen (secondary N) is 1. The number of aromatic nitrogens is 4. The van der Waals surface area contributed by atoms with Gasteiger partial charge < -0.3 is 5.32 Å². The number of rotatable bonds is 6. The van der Waals surface area contributed by atoms with E-state index in [4.69, 9.17) is 0 Å². The van der Waals surface area contributed by atoms with Crippen molar-refractivity contribution >= 4 is 22.9 Å². The number of thiophene rings is 1. The van der Waals surface area contributed by atoms with E-state index >= 15 is 0 Å². The van der Waals surface area contributed by atoms with Crippen LogP contribution in [0.2, 0.25) is 0 Å². The Morgan fingerprint density at radius 3 is 2.75 bits per heavy atom. The normalized spacial score (nSPS) is 12.1. The van der Waals surface area contributed by atoms with Crippen LogP contribution in [-0.2, 0) is 11.3 Å². The number of amides is 1. The van der Waals surface area contributed by atoms with Crippen molar-refractivity contribution in [2.24, 2.45) is 0 Å². The summed E-state index contributed by atoms with van der Waals surface area (Å²) in [7, 11) is 0. The molecule has 0 fully saturated rings. The molecule has 2 aromatic heterocycles. The Morgan fingerprint density at radius 1 is 1.29 bits per heavy atom. The summed E-state index contributed by atoms with van der Waals surface area (Å²) in [6, 6.07) is 9.86. The van der Waals surface area contributed by atoms with Gasteiger partial charge in [0, 0.05) is 16.6 Å². The molecular formula is C17H19N5OS. The second-order valence-corrected chi connectivity index (χ2v) is 6.41. The van der Waals surface area contributed by atoms with Gasteiger partial charge in [0.25, 0.3) is 0 Å². The highest BCUT2D eigenvalue weighted by Gasteiger charge is 2.10. The Bertz CT molecular complexity index is 795. The monoisotopic (exact) mass is 341 g/mol. The minimum atomic E-state index is -0.180. The zero-order chi connectivity index (χ0) is 16.9. The lowest BCUT2D eigenvalue weighted by molar-refractivity contribution is -0.117. The fraction of sp³-hybridized carbons (Fsp3) is 0.294. The van der Waals surface area contributed by atoms with Gasteiger partial charge >= 0.3 is 0 Å². The molecule has 0 saturated heterocycles. The van der Waals surface area contributed by atoms with Crippen molar-refractivity contribution in [1.29, 1.82) is 0 Å². The van der Waals surface area contributed by atoms with Gasteiger partial charge in [-0.2, -0.15) is 16.1 Å². The maximum atomic E-state index is 12.1. The maximum Gasteiger partial charge on any atom is 0.248 e. The fourth-order valence-electron chi connectivity index (χ4n) is 2.28. The summed E-state index contributed by atoms with van der Waals surface area (Å²) in [6.07, 6.45) is 1.09. The molecule has 124 valence electrons. The van der Waals surface area contributed by atoms with E-state index in [-0.39, 0.29) is 12.5 Å². The van der Waals surface area contributed by atoms with Gasteiger partial charge in [0.1, 0.15) is 6.54 Å². The number of hydrogen-bond acceptors (Lipinski definition) is 5. The minimum Gasteiger partial charge on any atom is -0.324 e. The van der Waals surface area contributed by atoms with Crippen LogP contribution >= 0.6 is 11.3 Å². The third kappa shape index (κ3) is 3.86. The molecule has 0 aliphatic rings. The van der Waals surface area contributed by atoms with Gasteiger partial charge in [-0.05, 0) is 46.7 Å². The van der Waals surface area contributed by atoms with Gasteiger partial charge in [0.15, 0.2) is 0 Å². The lowest BCUT2D eigenvalue weighted by Gasteiger charge is -2.10. The van der Waals surface area contributed by atoms with Crippen LogP contribution in [-0.4, -0.2) is 26.1 Å². The van der Waals surface area contributed by atoms with E-state index in [0.717, 1.165) is 17.7 Å². The maximum absolute atomic E-state index is 12.1. The van der Waals surface area contributed by atoms with Crippen molar-refractivity contribution in [2.45, 2.75) is 32.7 Å². The molecule has 1 N–H and O–H groups in total. The number of carbonyl (C=O) groups excluding carboxylic acids is 1. The molecule has 0 aliphatic carbocycles. The molecule has 0 radical (unpaired) electrons. The zero-order valence-electron chi connectivity index (χ0n) is 13.6. The van der Waals surface area contributed by atoms with Gasteiger partial charge in [-0.25, -0.2) is 0 Å². The molecule has 6 nitrogen and oxygen atoms in total. The van der Waals surface area contributed by atoms with E-state index in [1.807, 2.05) is 41.1 Å². The summed E-state index contributed by atoms with van der Waals surface area (Å²) < 4.78 is 0. The lowest BCUT2D eigenvalue weighted by Crippen LogP contribution is -2.20. The van der Waals surface area contributed by atoms with E-state index in [0.29, 0.717) is 11.7 Å². The Balaban J connectivity index is 1.59. The summed E-state index contributed by atoms with van der Waals surface area (Å²) in [6.45, 7) is 4.38. The SMILES string of the molecule is CC[C@H](C)c1ccc(NC(=O)Cn2nnc(-c3ccsc3)n2)cc1. The quantitative estimate of drug-likeness (QED) is 0.744. The molecule has 0 unspecified atom stereocenters. The summed E-state index contributed by atoms with van der Waals surface area (Å²) in [5, 5.41) is 18.9. The molecule has 1 aromatic carbocycles. The van der Waals surface area contributed by atoms with Crippen LogP contribution in [0, 0.1) is 0 Å². The third-order valence-electron chi connectivity index (χ3n) is 3.89. The Morgan fingerprint density at radius 2 is 2.08 bits per heavy atom. The van der Waals surface area contributed by atoms with Crippen LogP contribution in [0.5, 0.6) is 0 Å². The lowest BCUT2D eigenvalue weighted by atomic mass is 9.99. The highest BCUT2D eigenvalue weighted by molar-refractivity contribution is 7.08. The number of carbonyl (C=O) groups is 1. The first-order valence-electron chi connectivity index (χ1n) is 7.86. The number of nitrogens with zero attached hydrogens (tertiary/aromatic N) is 4. The van der Waals surface area contributed by atoms with Crippen LogP contribution in [0.1, 0.15) is 31.7 Å². The van der Waals surface area contributed by atoms with Crippen molar-refractivity contribution in [3.8, 4) is 11.4 Å². The number of tetrazole rings is 1. The van der Waals surface area contributed by atoms with Gasteiger partial charge in [-0.3, -0.25) is 4.79 Å². The van der Waals surface area contributed by atoms with E-state index in [1.165, 1.54) is 10.4 Å². The predicted molar refractivity (Wildman–Crippen MR) is 94.9 cm³/mol. The largest absolute Gasteiger partial charge is 0.324 e. The topological polar surface area (TPSA) is 72.7 Å². The standard InChI is InChI=1S/C17H19N5OS/c1-3-12(2)13-4-6-15(7-5-13)18-16(23)10-22-20-17(19-21-22)14-8-9-24-11-14/h4-9,11-12H,3,10H2,1-2H3,(H,18,23)/t12-/m0/s1. The van der Waals surface area contributed by atoms with Crippen LogP contribution < -0.4 is 5.32 Å². The average molecular weight is 341 g/mol. The number of hydrogen-bond donors (Lipinski definition) is 1. The molecule has 1 amide bonds. The molecule has 1 atom stereocenters. The first-order chi connectivity index (χ1) is 11.7. The smallest absolute Gasteiger partial charge is 0.248 e.